The molecule has 18 heavy (non-hydrogen) atoms. The van der Waals surface area contributed by atoms with Crippen molar-refractivity contribution >= 4 is 29.3 Å². The molecule has 4 nitrogen and oxygen atoms in total. The van der Waals surface area contributed by atoms with Gasteiger partial charge in [0.2, 0.25) is 5.91 Å². The van der Waals surface area contributed by atoms with E-state index in [1.54, 1.807) is 31.3 Å². The largest absolute Gasteiger partial charge is 0.464 e. The molecule has 0 fully saturated rings. The molecule has 1 rings (SSSR count). The molecule has 1 amide bonds. The van der Waals surface area contributed by atoms with Crippen LogP contribution < -0.4 is 5.32 Å². The molecule has 0 spiro atoms. The molecule has 0 saturated heterocycles. The van der Waals surface area contributed by atoms with Crippen molar-refractivity contribution in [1.82, 2.24) is 5.32 Å². The van der Waals surface area contributed by atoms with Crippen LogP contribution in [0.4, 0.5) is 0 Å². The first-order valence-corrected chi connectivity index (χ1v) is 6.56. The van der Waals surface area contributed by atoms with E-state index in [4.69, 9.17) is 4.74 Å². The summed E-state index contributed by atoms with van der Waals surface area (Å²) in [6.07, 6.45) is 3.14. The Morgan fingerprint density at radius 3 is 2.78 bits per heavy atom. The Labute approximate surface area is 111 Å². The molecule has 0 saturated carbocycles. The highest BCUT2D eigenvalue weighted by Gasteiger charge is 2.14. The second-order valence-corrected chi connectivity index (χ2v) is 5.08. The van der Waals surface area contributed by atoms with E-state index in [-0.39, 0.29) is 5.91 Å². The maximum Gasteiger partial charge on any atom is 0.328 e. The van der Waals surface area contributed by atoms with Crippen molar-refractivity contribution in [3.63, 3.8) is 0 Å². The van der Waals surface area contributed by atoms with Crippen molar-refractivity contribution in [2.45, 2.75) is 26.8 Å². The van der Waals surface area contributed by atoms with E-state index in [0.717, 1.165) is 4.88 Å². The molecular formula is C13H17NO3S. The summed E-state index contributed by atoms with van der Waals surface area (Å²) in [4.78, 5) is 25.0. The summed E-state index contributed by atoms with van der Waals surface area (Å²) in [5.74, 6) is -0.729. The van der Waals surface area contributed by atoms with Gasteiger partial charge < -0.3 is 10.1 Å². The minimum Gasteiger partial charge on any atom is -0.464 e. The number of ether oxygens (including phenoxy) is 1. The molecule has 0 aliphatic rings. The van der Waals surface area contributed by atoms with Crippen LogP contribution in [0, 0.1) is 6.92 Å². The van der Waals surface area contributed by atoms with Gasteiger partial charge in [-0.3, -0.25) is 4.79 Å². The molecule has 1 N–H and O–H groups in total. The molecule has 1 unspecified atom stereocenters. The molecule has 0 aromatic carbocycles. The standard InChI is InChI=1S/C13H17NO3S/c1-4-17-13(16)10(3)14-12(15)8-7-11-6-5-9(2)18-11/h5-8,10H,4H2,1-3H3,(H,14,15)/b8-7+. The summed E-state index contributed by atoms with van der Waals surface area (Å²) in [6.45, 7) is 5.64. The molecular weight excluding hydrogens is 250 g/mol. The Morgan fingerprint density at radius 2 is 2.22 bits per heavy atom. The number of thiophene rings is 1. The summed E-state index contributed by atoms with van der Waals surface area (Å²) < 4.78 is 4.79. The predicted molar refractivity (Wildman–Crippen MR) is 72.3 cm³/mol. The van der Waals surface area contributed by atoms with E-state index < -0.39 is 12.0 Å². The number of carbonyl (C=O) groups excluding carboxylic acids is 2. The van der Waals surface area contributed by atoms with Gasteiger partial charge in [0.15, 0.2) is 0 Å². The SMILES string of the molecule is CCOC(=O)C(C)NC(=O)/C=C/c1ccc(C)s1. The molecule has 0 bridgehead atoms. The maximum absolute atomic E-state index is 11.5. The minimum absolute atomic E-state index is 0.304. The van der Waals surface area contributed by atoms with Crippen LogP contribution in [-0.2, 0) is 14.3 Å². The third-order valence-electron chi connectivity index (χ3n) is 2.16. The highest BCUT2D eigenvalue weighted by molar-refractivity contribution is 7.12. The molecule has 0 aliphatic heterocycles. The van der Waals surface area contributed by atoms with Crippen molar-refractivity contribution in [3.8, 4) is 0 Å². The zero-order valence-corrected chi connectivity index (χ0v) is 11.5. The monoisotopic (exact) mass is 267 g/mol. The highest BCUT2D eigenvalue weighted by atomic mass is 32.1. The van der Waals surface area contributed by atoms with Crippen molar-refractivity contribution in [2.24, 2.45) is 0 Å². The van der Waals surface area contributed by atoms with E-state index in [1.165, 1.54) is 11.0 Å². The number of aryl methyl sites for hydroxylation is 1. The van der Waals surface area contributed by atoms with Gasteiger partial charge in [-0.2, -0.15) is 0 Å². The van der Waals surface area contributed by atoms with Crippen LogP contribution >= 0.6 is 11.3 Å². The second-order valence-electron chi connectivity index (χ2n) is 3.76. The van der Waals surface area contributed by atoms with Crippen LogP contribution in [-0.4, -0.2) is 24.5 Å². The second kappa shape index (κ2) is 6.96. The number of hydrogen-bond acceptors (Lipinski definition) is 4. The van der Waals surface area contributed by atoms with E-state index in [2.05, 4.69) is 5.32 Å². The molecule has 1 atom stereocenters. The molecule has 0 radical (unpaired) electrons. The zero-order chi connectivity index (χ0) is 13.5. The number of rotatable bonds is 5. The first-order chi connectivity index (χ1) is 8.52. The number of esters is 1. The Morgan fingerprint density at radius 1 is 1.50 bits per heavy atom. The van der Waals surface area contributed by atoms with Crippen LogP contribution in [0.25, 0.3) is 6.08 Å². The van der Waals surface area contributed by atoms with E-state index >= 15 is 0 Å². The maximum atomic E-state index is 11.5. The lowest BCUT2D eigenvalue weighted by molar-refractivity contribution is -0.146. The van der Waals surface area contributed by atoms with Crippen molar-refractivity contribution in [1.29, 1.82) is 0 Å². The average molecular weight is 267 g/mol. The zero-order valence-electron chi connectivity index (χ0n) is 10.7. The van der Waals surface area contributed by atoms with E-state index in [9.17, 15) is 9.59 Å². The van der Waals surface area contributed by atoms with Gasteiger partial charge >= 0.3 is 5.97 Å². The van der Waals surface area contributed by atoms with Gasteiger partial charge in [0, 0.05) is 15.8 Å². The first kappa shape index (κ1) is 14.4. The fourth-order valence-electron chi connectivity index (χ4n) is 1.29. The van der Waals surface area contributed by atoms with E-state index in [1.807, 2.05) is 19.1 Å². The van der Waals surface area contributed by atoms with Crippen LogP contribution in [0.3, 0.4) is 0 Å². The van der Waals surface area contributed by atoms with Gasteiger partial charge in [-0.15, -0.1) is 11.3 Å². The van der Waals surface area contributed by atoms with Gasteiger partial charge in [-0.05, 0) is 39.0 Å². The van der Waals surface area contributed by atoms with Crippen molar-refractivity contribution in [2.75, 3.05) is 6.61 Å². The van der Waals surface area contributed by atoms with Crippen LogP contribution in [0.2, 0.25) is 0 Å². The molecule has 1 heterocycles. The van der Waals surface area contributed by atoms with Gasteiger partial charge in [0.05, 0.1) is 6.61 Å². The predicted octanol–water partition coefficient (Wildman–Crippen LogP) is 2.14. The Bertz CT molecular complexity index is 451. The van der Waals surface area contributed by atoms with Crippen LogP contribution in [0.15, 0.2) is 18.2 Å². The number of nitrogens with one attached hydrogen (secondary N) is 1. The van der Waals surface area contributed by atoms with Gasteiger partial charge in [-0.25, -0.2) is 4.79 Å². The van der Waals surface area contributed by atoms with Gasteiger partial charge in [0.1, 0.15) is 6.04 Å². The quantitative estimate of drug-likeness (QED) is 0.657. The van der Waals surface area contributed by atoms with Crippen molar-refractivity contribution in [3.05, 3.63) is 28.0 Å². The summed E-state index contributed by atoms with van der Waals surface area (Å²) in [7, 11) is 0. The summed E-state index contributed by atoms with van der Waals surface area (Å²) in [5, 5.41) is 2.55. The van der Waals surface area contributed by atoms with Crippen LogP contribution in [0.1, 0.15) is 23.6 Å². The highest BCUT2D eigenvalue weighted by Crippen LogP contribution is 2.16. The Balaban J connectivity index is 2.46. The first-order valence-electron chi connectivity index (χ1n) is 5.74. The Hall–Kier alpha value is -1.62. The van der Waals surface area contributed by atoms with Crippen LogP contribution in [0.5, 0.6) is 0 Å². The molecule has 1 aromatic heterocycles. The summed E-state index contributed by atoms with van der Waals surface area (Å²) >= 11 is 1.60. The molecule has 0 aliphatic carbocycles. The lowest BCUT2D eigenvalue weighted by atomic mass is 10.3. The lowest BCUT2D eigenvalue weighted by Crippen LogP contribution is -2.38. The normalized spacial score (nSPS) is 12.4. The minimum atomic E-state index is -0.632. The Kier molecular flexibility index (Phi) is 5.58. The van der Waals surface area contributed by atoms with Gasteiger partial charge in [-0.1, -0.05) is 0 Å². The summed E-state index contributed by atoms with van der Waals surface area (Å²) in [6, 6.07) is 3.30. The van der Waals surface area contributed by atoms with Gasteiger partial charge in [0.25, 0.3) is 0 Å². The van der Waals surface area contributed by atoms with E-state index in [0.29, 0.717) is 6.61 Å². The van der Waals surface area contributed by atoms with Crippen molar-refractivity contribution < 1.29 is 14.3 Å². The molecule has 98 valence electrons. The summed E-state index contributed by atoms with van der Waals surface area (Å²) in [5.41, 5.74) is 0. The molecule has 1 aromatic rings. The third kappa shape index (κ3) is 4.71. The number of hydrogen-bond donors (Lipinski definition) is 1. The number of carbonyl (C=O) groups is 2. The third-order valence-corrected chi connectivity index (χ3v) is 3.12. The topological polar surface area (TPSA) is 55.4 Å². The fourth-order valence-corrected chi connectivity index (χ4v) is 2.07. The smallest absolute Gasteiger partial charge is 0.328 e. The lowest BCUT2D eigenvalue weighted by Gasteiger charge is -2.10. The average Bonchev–Trinajstić information content (AvgIpc) is 2.73. The number of amides is 1. The molecule has 5 heteroatoms. The fraction of sp³-hybridized carbons (Fsp3) is 0.385.